The van der Waals surface area contributed by atoms with Gasteiger partial charge in [-0.2, -0.15) is 0 Å². The number of hydrogen-bond donors (Lipinski definition) is 1. The standard InChI is InChI=1S/C18H30N4O/c1-20-8-10-21(11-9-20)13-15-4-3-7-22(14-15)16-5-6-17(19)18(12-16)23-2/h5-6,12,15H,3-4,7-11,13-14,19H2,1-2H3. The van der Waals surface area contributed by atoms with E-state index in [0.717, 1.165) is 24.8 Å². The van der Waals surface area contributed by atoms with Crippen LogP contribution >= 0.6 is 0 Å². The third-order valence-corrected chi connectivity index (χ3v) is 5.21. The first-order valence-corrected chi connectivity index (χ1v) is 8.75. The van der Waals surface area contributed by atoms with Crippen molar-refractivity contribution in [3.05, 3.63) is 18.2 Å². The zero-order valence-electron chi connectivity index (χ0n) is 14.5. The first-order valence-electron chi connectivity index (χ1n) is 8.75. The summed E-state index contributed by atoms with van der Waals surface area (Å²) in [6, 6.07) is 6.15. The minimum Gasteiger partial charge on any atom is -0.495 e. The number of nitrogen functional groups attached to an aromatic ring is 1. The summed E-state index contributed by atoms with van der Waals surface area (Å²) in [7, 11) is 3.90. The molecule has 0 saturated carbocycles. The summed E-state index contributed by atoms with van der Waals surface area (Å²) < 4.78 is 5.37. The Morgan fingerprint density at radius 1 is 1.17 bits per heavy atom. The van der Waals surface area contributed by atoms with Gasteiger partial charge in [0.2, 0.25) is 0 Å². The first-order chi connectivity index (χ1) is 11.2. The Labute approximate surface area is 140 Å². The van der Waals surface area contributed by atoms with E-state index in [9.17, 15) is 0 Å². The van der Waals surface area contributed by atoms with Gasteiger partial charge in [-0.05, 0) is 37.9 Å². The second-order valence-electron chi connectivity index (χ2n) is 6.98. The van der Waals surface area contributed by atoms with Gasteiger partial charge in [-0.3, -0.25) is 0 Å². The number of ether oxygens (including phenoxy) is 1. The van der Waals surface area contributed by atoms with Crippen LogP contribution < -0.4 is 15.4 Å². The molecule has 128 valence electrons. The number of rotatable bonds is 4. The molecule has 0 aliphatic carbocycles. The van der Waals surface area contributed by atoms with E-state index < -0.39 is 0 Å². The Kier molecular flexibility index (Phi) is 5.28. The quantitative estimate of drug-likeness (QED) is 0.857. The van der Waals surface area contributed by atoms with E-state index in [1.54, 1.807) is 7.11 Å². The zero-order chi connectivity index (χ0) is 16.2. The summed E-state index contributed by atoms with van der Waals surface area (Å²) in [4.78, 5) is 7.55. The number of likely N-dealkylation sites (N-methyl/N-ethyl adjacent to an activating group) is 1. The minimum atomic E-state index is 0.710. The van der Waals surface area contributed by atoms with Crippen LogP contribution in [0.25, 0.3) is 0 Å². The third kappa shape index (κ3) is 4.09. The second kappa shape index (κ2) is 7.41. The van der Waals surface area contributed by atoms with Crippen LogP contribution in [0.3, 0.4) is 0 Å². The van der Waals surface area contributed by atoms with Crippen molar-refractivity contribution in [1.82, 2.24) is 9.80 Å². The molecule has 0 radical (unpaired) electrons. The normalized spacial score (nSPS) is 23.9. The van der Waals surface area contributed by atoms with Gasteiger partial charge in [0, 0.05) is 57.6 Å². The molecule has 2 N–H and O–H groups in total. The fraction of sp³-hybridized carbons (Fsp3) is 0.667. The Morgan fingerprint density at radius 3 is 2.70 bits per heavy atom. The summed E-state index contributed by atoms with van der Waals surface area (Å²) in [5, 5.41) is 0. The molecule has 5 nitrogen and oxygen atoms in total. The van der Waals surface area contributed by atoms with Gasteiger partial charge in [-0.15, -0.1) is 0 Å². The zero-order valence-corrected chi connectivity index (χ0v) is 14.5. The molecule has 1 aromatic rings. The van der Waals surface area contributed by atoms with Crippen molar-refractivity contribution in [3.63, 3.8) is 0 Å². The van der Waals surface area contributed by atoms with Gasteiger partial charge in [0.1, 0.15) is 5.75 Å². The lowest BCUT2D eigenvalue weighted by molar-refractivity contribution is 0.131. The predicted octanol–water partition coefficient (Wildman–Crippen LogP) is 1.74. The Hall–Kier alpha value is -1.46. The van der Waals surface area contributed by atoms with E-state index in [4.69, 9.17) is 10.5 Å². The highest BCUT2D eigenvalue weighted by Gasteiger charge is 2.24. The number of methoxy groups -OCH3 is 1. The van der Waals surface area contributed by atoms with E-state index in [1.165, 1.54) is 51.3 Å². The summed E-state index contributed by atoms with van der Waals surface area (Å²) in [6.45, 7) is 8.32. The molecule has 2 aliphatic rings. The molecule has 1 aromatic carbocycles. The number of benzene rings is 1. The van der Waals surface area contributed by atoms with Gasteiger partial charge in [0.05, 0.1) is 12.8 Å². The van der Waals surface area contributed by atoms with Crippen LogP contribution in [0.2, 0.25) is 0 Å². The van der Waals surface area contributed by atoms with Crippen LogP contribution in [0.4, 0.5) is 11.4 Å². The predicted molar refractivity (Wildman–Crippen MR) is 96.3 cm³/mol. The molecule has 0 aromatic heterocycles. The summed E-state index contributed by atoms with van der Waals surface area (Å²) in [5.74, 6) is 1.54. The molecule has 1 unspecified atom stereocenters. The highest BCUT2D eigenvalue weighted by atomic mass is 16.5. The maximum Gasteiger partial charge on any atom is 0.143 e. The van der Waals surface area contributed by atoms with Crippen molar-refractivity contribution in [1.29, 1.82) is 0 Å². The van der Waals surface area contributed by atoms with E-state index >= 15 is 0 Å². The molecule has 3 rings (SSSR count). The van der Waals surface area contributed by atoms with Crippen molar-refractivity contribution >= 4 is 11.4 Å². The smallest absolute Gasteiger partial charge is 0.143 e. The van der Waals surface area contributed by atoms with Crippen LogP contribution in [0.1, 0.15) is 12.8 Å². The molecule has 0 amide bonds. The summed E-state index contributed by atoms with van der Waals surface area (Å²) in [5.41, 5.74) is 7.88. The summed E-state index contributed by atoms with van der Waals surface area (Å²) in [6.07, 6.45) is 2.61. The lowest BCUT2D eigenvalue weighted by Gasteiger charge is -2.39. The number of nitrogens with two attached hydrogens (primary N) is 1. The molecule has 23 heavy (non-hydrogen) atoms. The van der Waals surface area contributed by atoms with E-state index in [0.29, 0.717) is 5.69 Å². The van der Waals surface area contributed by atoms with Gasteiger partial charge >= 0.3 is 0 Å². The SMILES string of the molecule is COc1cc(N2CCCC(CN3CCN(C)CC3)C2)ccc1N. The van der Waals surface area contributed by atoms with Gasteiger partial charge in [-0.25, -0.2) is 0 Å². The molecule has 2 heterocycles. The van der Waals surface area contributed by atoms with Gasteiger partial charge in [-0.1, -0.05) is 0 Å². The highest BCUT2D eigenvalue weighted by molar-refractivity contribution is 5.62. The lowest BCUT2D eigenvalue weighted by Crippen LogP contribution is -2.48. The maximum atomic E-state index is 5.94. The number of piperidine rings is 1. The molecule has 2 fully saturated rings. The maximum absolute atomic E-state index is 5.94. The second-order valence-corrected chi connectivity index (χ2v) is 6.98. The molecule has 2 aliphatic heterocycles. The average Bonchev–Trinajstić information content (AvgIpc) is 2.58. The topological polar surface area (TPSA) is 45.0 Å². The van der Waals surface area contributed by atoms with Gasteiger partial charge < -0.3 is 25.2 Å². The molecule has 2 saturated heterocycles. The number of nitrogens with zero attached hydrogens (tertiary/aromatic N) is 3. The van der Waals surface area contributed by atoms with Gasteiger partial charge in [0.25, 0.3) is 0 Å². The van der Waals surface area contributed by atoms with E-state index in [-0.39, 0.29) is 0 Å². The lowest BCUT2D eigenvalue weighted by atomic mass is 9.96. The Bertz CT molecular complexity index is 514. The van der Waals surface area contributed by atoms with E-state index in [2.05, 4.69) is 33.9 Å². The molecular formula is C18H30N4O. The number of hydrogen-bond acceptors (Lipinski definition) is 5. The molecule has 1 atom stereocenters. The largest absolute Gasteiger partial charge is 0.495 e. The Morgan fingerprint density at radius 2 is 1.96 bits per heavy atom. The van der Waals surface area contributed by atoms with Crippen LogP contribution in [-0.2, 0) is 0 Å². The van der Waals surface area contributed by atoms with Crippen LogP contribution in [0, 0.1) is 5.92 Å². The first kappa shape index (κ1) is 16.4. The van der Waals surface area contributed by atoms with Crippen molar-refractivity contribution in [3.8, 4) is 5.75 Å². The molecular weight excluding hydrogens is 288 g/mol. The number of piperazine rings is 1. The average molecular weight is 318 g/mol. The van der Waals surface area contributed by atoms with Crippen molar-refractivity contribution in [2.24, 2.45) is 5.92 Å². The number of anilines is 2. The fourth-order valence-electron chi connectivity index (χ4n) is 3.74. The monoisotopic (exact) mass is 318 g/mol. The Balaban J connectivity index is 1.59. The summed E-state index contributed by atoms with van der Waals surface area (Å²) >= 11 is 0. The minimum absolute atomic E-state index is 0.710. The van der Waals surface area contributed by atoms with Gasteiger partial charge in [0.15, 0.2) is 0 Å². The van der Waals surface area contributed by atoms with Crippen LogP contribution in [0.15, 0.2) is 18.2 Å². The molecule has 0 spiro atoms. The fourth-order valence-corrected chi connectivity index (χ4v) is 3.74. The highest BCUT2D eigenvalue weighted by Crippen LogP contribution is 2.30. The van der Waals surface area contributed by atoms with Crippen LogP contribution in [0.5, 0.6) is 5.75 Å². The third-order valence-electron chi connectivity index (χ3n) is 5.21. The molecule has 5 heteroatoms. The van der Waals surface area contributed by atoms with E-state index in [1.807, 2.05) is 6.07 Å². The van der Waals surface area contributed by atoms with Crippen molar-refractivity contribution in [2.75, 3.05) is 70.6 Å². The van der Waals surface area contributed by atoms with Crippen molar-refractivity contribution in [2.45, 2.75) is 12.8 Å². The van der Waals surface area contributed by atoms with Crippen LogP contribution in [-0.4, -0.2) is 69.8 Å². The van der Waals surface area contributed by atoms with Crippen molar-refractivity contribution < 1.29 is 4.74 Å². The molecule has 0 bridgehead atoms.